The molecule has 0 aromatic heterocycles. The lowest BCUT2D eigenvalue weighted by Crippen LogP contribution is -2.21. The topological polar surface area (TPSA) is 63.2 Å². The van der Waals surface area contributed by atoms with Crippen LogP contribution in [0, 0.1) is 5.82 Å². The highest BCUT2D eigenvalue weighted by Crippen LogP contribution is 2.27. The van der Waals surface area contributed by atoms with Crippen LogP contribution in [0.4, 0.5) is 10.1 Å². The minimum atomic E-state index is -0.366. The number of Topliss-reactive ketones (excluding diaryl/α,β-unsaturated/α-hetero) is 2. The number of carbonyl (C=O) groups is 3. The van der Waals surface area contributed by atoms with Crippen molar-refractivity contribution >= 4 is 23.2 Å². The van der Waals surface area contributed by atoms with Crippen molar-refractivity contribution in [1.82, 2.24) is 0 Å². The monoisotopic (exact) mass is 329 g/mol. The molecule has 1 aliphatic rings. The molecule has 1 aromatic carbocycles. The van der Waals surface area contributed by atoms with E-state index in [0.29, 0.717) is 40.8 Å². The molecule has 1 amide bonds. The first-order valence-corrected chi connectivity index (χ1v) is 7.83. The SMILES string of the molecule is CC1=C(C)C(=O)C(CCCC(=O)Nc2ccc(F)cc2)=C(C)C1=O. The van der Waals surface area contributed by atoms with E-state index in [0.717, 1.165) is 0 Å². The first-order chi connectivity index (χ1) is 11.3. The third kappa shape index (κ3) is 3.85. The van der Waals surface area contributed by atoms with Crippen molar-refractivity contribution in [2.24, 2.45) is 0 Å². The molecule has 1 aliphatic carbocycles. The van der Waals surface area contributed by atoms with E-state index >= 15 is 0 Å². The summed E-state index contributed by atoms with van der Waals surface area (Å²) in [5.41, 5.74) is 2.47. The number of carbonyl (C=O) groups excluding carboxylic acids is 3. The lowest BCUT2D eigenvalue weighted by atomic mass is 9.84. The molecule has 0 radical (unpaired) electrons. The summed E-state index contributed by atoms with van der Waals surface area (Å²) < 4.78 is 12.8. The second-order valence-electron chi connectivity index (χ2n) is 5.92. The quantitative estimate of drug-likeness (QED) is 0.837. The van der Waals surface area contributed by atoms with Crippen molar-refractivity contribution < 1.29 is 18.8 Å². The van der Waals surface area contributed by atoms with Crippen LogP contribution in [0.15, 0.2) is 46.6 Å². The van der Waals surface area contributed by atoms with Gasteiger partial charge in [-0.2, -0.15) is 0 Å². The second kappa shape index (κ2) is 7.34. The first-order valence-electron chi connectivity index (χ1n) is 7.83. The Morgan fingerprint density at radius 3 is 2.17 bits per heavy atom. The minimum absolute atomic E-state index is 0.0992. The Bertz CT molecular complexity index is 757. The summed E-state index contributed by atoms with van der Waals surface area (Å²) in [6.07, 6.45) is 1.07. The van der Waals surface area contributed by atoms with Gasteiger partial charge in [-0.05, 0) is 57.9 Å². The van der Waals surface area contributed by atoms with Gasteiger partial charge in [-0.15, -0.1) is 0 Å². The van der Waals surface area contributed by atoms with Gasteiger partial charge in [0.05, 0.1) is 0 Å². The molecule has 0 aliphatic heterocycles. The Morgan fingerprint density at radius 2 is 1.54 bits per heavy atom. The van der Waals surface area contributed by atoms with Gasteiger partial charge in [0, 0.05) is 34.4 Å². The molecule has 0 heterocycles. The number of rotatable bonds is 5. The van der Waals surface area contributed by atoms with E-state index in [1.165, 1.54) is 24.3 Å². The molecular formula is C19H20FNO3. The van der Waals surface area contributed by atoms with Crippen molar-refractivity contribution in [1.29, 1.82) is 0 Å². The third-order valence-electron chi connectivity index (χ3n) is 4.27. The van der Waals surface area contributed by atoms with Crippen LogP contribution in [0.25, 0.3) is 0 Å². The van der Waals surface area contributed by atoms with Gasteiger partial charge in [0.25, 0.3) is 0 Å². The van der Waals surface area contributed by atoms with Gasteiger partial charge >= 0.3 is 0 Å². The molecule has 24 heavy (non-hydrogen) atoms. The maximum atomic E-state index is 12.8. The Morgan fingerprint density at radius 1 is 0.958 bits per heavy atom. The summed E-state index contributed by atoms with van der Waals surface area (Å²) in [4.78, 5) is 36.3. The molecule has 1 aromatic rings. The first kappa shape index (κ1) is 17.8. The minimum Gasteiger partial charge on any atom is -0.326 e. The zero-order valence-corrected chi connectivity index (χ0v) is 14.0. The largest absolute Gasteiger partial charge is 0.326 e. The zero-order chi connectivity index (χ0) is 17.9. The van der Waals surface area contributed by atoms with Crippen molar-refractivity contribution in [2.75, 3.05) is 5.32 Å². The molecule has 5 heteroatoms. The molecule has 0 bridgehead atoms. The summed E-state index contributed by atoms with van der Waals surface area (Å²) in [5, 5.41) is 2.67. The Kier molecular flexibility index (Phi) is 5.44. The van der Waals surface area contributed by atoms with Gasteiger partial charge in [-0.1, -0.05) is 0 Å². The molecule has 0 unspecified atom stereocenters. The summed E-state index contributed by atoms with van der Waals surface area (Å²) in [6.45, 7) is 4.97. The van der Waals surface area contributed by atoms with E-state index < -0.39 is 0 Å². The fourth-order valence-corrected chi connectivity index (χ4v) is 2.64. The van der Waals surface area contributed by atoms with Crippen molar-refractivity contribution in [2.45, 2.75) is 40.0 Å². The molecule has 126 valence electrons. The fraction of sp³-hybridized carbons (Fsp3) is 0.316. The van der Waals surface area contributed by atoms with Gasteiger partial charge < -0.3 is 5.32 Å². The molecule has 0 saturated heterocycles. The number of hydrogen-bond donors (Lipinski definition) is 1. The van der Waals surface area contributed by atoms with E-state index in [9.17, 15) is 18.8 Å². The van der Waals surface area contributed by atoms with Crippen molar-refractivity contribution in [3.8, 4) is 0 Å². The maximum absolute atomic E-state index is 12.8. The predicted octanol–water partition coefficient (Wildman–Crippen LogP) is 3.74. The number of allylic oxidation sites excluding steroid dienone is 4. The summed E-state index contributed by atoms with van der Waals surface area (Å²) >= 11 is 0. The highest BCUT2D eigenvalue weighted by atomic mass is 19.1. The molecule has 0 spiro atoms. The summed E-state index contributed by atoms with van der Waals surface area (Å²) in [5.74, 6) is -0.783. The van der Waals surface area contributed by atoms with Gasteiger partial charge in [-0.25, -0.2) is 4.39 Å². The summed E-state index contributed by atoms with van der Waals surface area (Å²) in [6, 6.07) is 5.52. The lowest BCUT2D eigenvalue weighted by molar-refractivity contribution is -0.117. The Hall–Kier alpha value is -2.56. The van der Waals surface area contributed by atoms with Crippen LogP contribution < -0.4 is 5.32 Å². The number of anilines is 1. The Labute approximate surface area is 140 Å². The van der Waals surface area contributed by atoms with E-state index in [4.69, 9.17) is 0 Å². The number of nitrogens with one attached hydrogen (secondary N) is 1. The average Bonchev–Trinajstić information content (AvgIpc) is 2.56. The van der Waals surface area contributed by atoms with Gasteiger partial charge in [0.1, 0.15) is 5.82 Å². The fourth-order valence-electron chi connectivity index (χ4n) is 2.64. The number of ketones is 2. The van der Waals surface area contributed by atoms with E-state index in [1.54, 1.807) is 20.8 Å². The zero-order valence-electron chi connectivity index (χ0n) is 14.0. The third-order valence-corrected chi connectivity index (χ3v) is 4.27. The standard InChI is InChI=1S/C19H20FNO3/c1-11-12(2)19(24)16(13(3)18(11)23)5-4-6-17(22)21-15-9-7-14(20)8-10-15/h7-10H,4-6H2,1-3H3,(H,21,22). The normalized spacial score (nSPS) is 15.2. The molecule has 4 nitrogen and oxygen atoms in total. The molecule has 0 saturated carbocycles. The van der Waals surface area contributed by atoms with Crippen molar-refractivity contribution in [3.63, 3.8) is 0 Å². The number of benzene rings is 1. The van der Waals surface area contributed by atoms with Crippen LogP contribution in [0.2, 0.25) is 0 Å². The van der Waals surface area contributed by atoms with E-state index in [2.05, 4.69) is 5.32 Å². The average molecular weight is 329 g/mol. The lowest BCUT2D eigenvalue weighted by Gasteiger charge is -2.18. The highest BCUT2D eigenvalue weighted by molar-refractivity contribution is 6.24. The van der Waals surface area contributed by atoms with Crippen LogP contribution >= 0.6 is 0 Å². The highest BCUT2D eigenvalue weighted by Gasteiger charge is 2.27. The Balaban J connectivity index is 1.92. The van der Waals surface area contributed by atoms with E-state index in [1.807, 2.05) is 0 Å². The number of amides is 1. The number of halogens is 1. The van der Waals surface area contributed by atoms with Crippen LogP contribution in [-0.4, -0.2) is 17.5 Å². The van der Waals surface area contributed by atoms with Crippen molar-refractivity contribution in [3.05, 3.63) is 52.4 Å². The molecule has 2 rings (SSSR count). The van der Waals surface area contributed by atoms with Crippen LogP contribution in [-0.2, 0) is 14.4 Å². The van der Waals surface area contributed by atoms with Crippen LogP contribution in [0.5, 0.6) is 0 Å². The van der Waals surface area contributed by atoms with Gasteiger partial charge in [0.2, 0.25) is 5.91 Å². The van der Waals surface area contributed by atoms with Crippen LogP contribution in [0.1, 0.15) is 40.0 Å². The predicted molar refractivity (Wildman–Crippen MR) is 90.0 cm³/mol. The smallest absolute Gasteiger partial charge is 0.224 e. The molecule has 0 atom stereocenters. The number of hydrogen-bond acceptors (Lipinski definition) is 3. The second-order valence-corrected chi connectivity index (χ2v) is 5.92. The molecule has 1 N–H and O–H groups in total. The van der Waals surface area contributed by atoms with Crippen LogP contribution in [0.3, 0.4) is 0 Å². The molecule has 0 fully saturated rings. The van der Waals surface area contributed by atoms with Gasteiger partial charge in [-0.3, -0.25) is 14.4 Å². The van der Waals surface area contributed by atoms with Gasteiger partial charge in [0.15, 0.2) is 11.6 Å². The maximum Gasteiger partial charge on any atom is 0.224 e. The summed E-state index contributed by atoms with van der Waals surface area (Å²) in [7, 11) is 0. The van der Waals surface area contributed by atoms with E-state index in [-0.39, 0.29) is 29.7 Å². The molecular weight excluding hydrogens is 309 g/mol.